The van der Waals surface area contributed by atoms with E-state index in [1.807, 2.05) is 48.5 Å². The zero-order valence-electron chi connectivity index (χ0n) is 11.0. The maximum Gasteiger partial charge on any atom is 0.197 e. The van der Waals surface area contributed by atoms with Crippen molar-refractivity contribution in [2.75, 3.05) is 6.61 Å². The van der Waals surface area contributed by atoms with Crippen LogP contribution in [0.25, 0.3) is 0 Å². The van der Waals surface area contributed by atoms with Gasteiger partial charge in [0.1, 0.15) is 0 Å². The van der Waals surface area contributed by atoms with Crippen LogP contribution in [0.4, 0.5) is 0 Å². The molecule has 0 aliphatic heterocycles. The van der Waals surface area contributed by atoms with Gasteiger partial charge in [0, 0.05) is 5.16 Å². The summed E-state index contributed by atoms with van der Waals surface area (Å²) in [5.74, 6) is 0. The lowest BCUT2D eigenvalue weighted by molar-refractivity contribution is -0.0364. The van der Waals surface area contributed by atoms with Crippen molar-refractivity contribution in [3.63, 3.8) is 0 Å². The fraction of sp³-hybridized carbons (Fsp3) is 1.00. The fourth-order valence-electron chi connectivity index (χ4n) is 0.761. The lowest BCUT2D eigenvalue weighted by Gasteiger charge is -2.25. The van der Waals surface area contributed by atoms with Crippen LogP contribution in [0.2, 0.25) is 0 Å². The zero-order chi connectivity index (χ0) is 12.3. The van der Waals surface area contributed by atoms with Gasteiger partial charge in [-0.05, 0) is 27.7 Å². The molecule has 0 amide bonds. The summed E-state index contributed by atoms with van der Waals surface area (Å²) in [5.41, 5.74) is -0.171. The Bertz CT molecular complexity index is 213. The van der Waals surface area contributed by atoms with Crippen molar-refractivity contribution in [2.45, 2.75) is 65.3 Å². The molecule has 0 saturated heterocycles. The van der Waals surface area contributed by atoms with Crippen molar-refractivity contribution in [3.05, 3.63) is 0 Å². The number of ether oxygens (including phenoxy) is 1. The van der Waals surface area contributed by atoms with Crippen LogP contribution in [0.15, 0.2) is 0 Å². The first-order chi connectivity index (χ1) is 6.52. The highest BCUT2D eigenvalue weighted by molar-refractivity contribution is 7.41. The van der Waals surface area contributed by atoms with Gasteiger partial charge in [-0.2, -0.15) is 0 Å². The minimum absolute atomic E-state index is 0.116. The van der Waals surface area contributed by atoms with Crippen LogP contribution in [-0.2, 0) is 13.8 Å². The predicted octanol–water partition coefficient (Wildman–Crippen LogP) is 3.48. The summed E-state index contributed by atoms with van der Waals surface area (Å²) in [7, 11) is -2.00. The minimum Gasteiger partial charge on any atom is -0.373 e. The molecule has 0 heterocycles. The van der Waals surface area contributed by atoms with Crippen LogP contribution in [-0.4, -0.2) is 23.5 Å². The summed E-state index contributed by atoms with van der Waals surface area (Å²) in [4.78, 5) is 0. The highest BCUT2D eigenvalue weighted by Gasteiger charge is 2.23. The van der Waals surface area contributed by atoms with E-state index in [1.54, 1.807) is 0 Å². The Morgan fingerprint density at radius 1 is 1.13 bits per heavy atom. The van der Waals surface area contributed by atoms with Crippen molar-refractivity contribution >= 4 is 8.03 Å². The SMILES string of the molecule is CC(COC(C)(C)C)O[PH](=O)C(C)(C)C. The molecule has 0 aromatic heterocycles. The molecule has 0 aromatic rings. The Balaban J connectivity index is 3.95. The molecule has 0 radical (unpaired) electrons. The minimum atomic E-state index is -2.00. The summed E-state index contributed by atoms with van der Waals surface area (Å²) in [5, 5.41) is -0.263. The maximum absolute atomic E-state index is 11.7. The smallest absolute Gasteiger partial charge is 0.197 e. The van der Waals surface area contributed by atoms with Gasteiger partial charge in [-0.3, -0.25) is 4.57 Å². The van der Waals surface area contributed by atoms with E-state index in [1.165, 1.54) is 0 Å². The first-order valence-electron chi connectivity index (χ1n) is 5.37. The third-order valence-corrected chi connectivity index (χ3v) is 3.51. The van der Waals surface area contributed by atoms with Crippen molar-refractivity contribution in [3.8, 4) is 0 Å². The number of rotatable bonds is 4. The second-order valence-corrected chi connectivity index (χ2v) is 8.20. The van der Waals surface area contributed by atoms with E-state index in [4.69, 9.17) is 9.26 Å². The predicted molar refractivity (Wildman–Crippen MR) is 65.0 cm³/mol. The molecule has 15 heavy (non-hydrogen) atoms. The van der Waals surface area contributed by atoms with Crippen molar-refractivity contribution in [1.82, 2.24) is 0 Å². The van der Waals surface area contributed by atoms with Gasteiger partial charge in [-0.1, -0.05) is 20.8 Å². The Hall–Kier alpha value is 0.150. The van der Waals surface area contributed by atoms with Crippen molar-refractivity contribution in [2.24, 2.45) is 0 Å². The molecule has 0 aliphatic rings. The lowest BCUT2D eigenvalue weighted by atomic mass is 10.2. The molecule has 0 spiro atoms. The molecule has 0 fully saturated rings. The maximum atomic E-state index is 11.7. The van der Waals surface area contributed by atoms with E-state index in [-0.39, 0.29) is 16.9 Å². The van der Waals surface area contributed by atoms with E-state index >= 15 is 0 Å². The van der Waals surface area contributed by atoms with Gasteiger partial charge < -0.3 is 9.26 Å². The Kier molecular flexibility index (Phi) is 5.52. The Morgan fingerprint density at radius 2 is 1.60 bits per heavy atom. The lowest BCUT2D eigenvalue weighted by Crippen LogP contribution is -2.26. The monoisotopic (exact) mass is 236 g/mol. The van der Waals surface area contributed by atoms with E-state index in [0.717, 1.165) is 0 Å². The van der Waals surface area contributed by atoms with E-state index in [2.05, 4.69) is 0 Å². The van der Waals surface area contributed by atoms with E-state index in [9.17, 15) is 4.57 Å². The van der Waals surface area contributed by atoms with Gasteiger partial charge >= 0.3 is 0 Å². The molecule has 0 aliphatic carbocycles. The second kappa shape index (κ2) is 5.47. The van der Waals surface area contributed by atoms with Gasteiger partial charge in [0.15, 0.2) is 8.03 Å². The summed E-state index contributed by atoms with van der Waals surface area (Å²) in [6, 6.07) is 0. The standard InChI is InChI=1S/C11H25O3P/c1-9(8-13-10(2,3)4)14-15(12)11(5,6)7/h9,15H,8H2,1-7H3. The molecule has 0 saturated carbocycles. The topological polar surface area (TPSA) is 35.5 Å². The molecule has 3 nitrogen and oxygen atoms in total. The van der Waals surface area contributed by atoms with Crippen LogP contribution >= 0.6 is 8.03 Å². The molecule has 92 valence electrons. The highest BCUT2D eigenvalue weighted by Crippen LogP contribution is 2.40. The zero-order valence-corrected chi connectivity index (χ0v) is 12.0. The van der Waals surface area contributed by atoms with Crippen molar-refractivity contribution < 1.29 is 13.8 Å². The van der Waals surface area contributed by atoms with Gasteiger partial charge in [0.25, 0.3) is 0 Å². The molecule has 2 atom stereocenters. The molecule has 2 unspecified atom stereocenters. The molecule has 0 N–H and O–H groups in total. The Morgan fingerprint density at radius 3 is 1.93 bits per heavy atom. The normalized spacial score (nSPS) is 17.5. The molecule has 0 rings (SSSR count). The average Bonchev–Trinajstić information content (AvgIpc) is 1.97. The molecule has 0 bridgehead atoms. The Labute approximate surface area is 94.4 Å². The summed E-state index contributed by atoms with van der Waals surface area (Å²) >= 11 is 0. The molecular weight excluding hydrogens is 211 g/mol. The number of hydrogen-bond acceptors (Lipinski definition) is 3. The van der Waals surface area contributed by atoms with Crippen LogP contribution in [0.5, 0.6) is 0 Å². The van der Waals surface area contributed by atoms with E-state index < -0.39 is 8.03 Å². The van der Waals surface area contributed by atoms with Crippen LogP contribution in [0.3, 0.4) is 0 Å². The van der Waals surface area contributed by atoms with Crippen LogP contribution in [0, 0.1) is 0 Å². The average molecular weight is 236 g/mol. The first kappa shape index (κ1) is 15.2. The summed E-state index contributed by atoms with van der Waals surface area (Å²) in [6.07, 6.45) is -0.116. The van der Waals surface area contributed by atoms with Crippen LogP contribution in [0.1, 0.15) is 48.5 Å². The fourth-order valence-corrected chi connectivity index (χ4v) is 1.55. The van der Waals surface area contributed by atoms with Gasteiger partial charge in [0.2, 0.25) is 0 Å². The molecule has 4 heteroatoms. The largest absolute Gasteiger partial charge is 0.373 e. The van der Waals surface area contributed by atoms with E-state index in [0.29, 0.717) is 6.61 Å². The molecular formula is C11H25O3P. The highest BCUT2D eigenvalue weighted by atomic mass is 31.1. The van der Waals surface area contributed by atoms with Gasteiger partial charge in [-0.15, -0.1) is 0 Å². The van der Waals surface area contributed by atoms with Crippen molar-refractivity contribution in [1.29, 1.82) is 0 Å². The number of hydrogen-bond donors (Lipinski definition) is 0. The second-order valence-electron chi connectivity index (χ2n) is 5.89. The first-order valence-corrected chi connectivity index (χ1v) is 6.69. The quantitative estimate of drug-likeness (QED) is 0.701. The summed E-state index contributed by atoms with van der Waals surface area (Å²) in [6.45, 7) is 14.1. The summed E-state index contributed by atoms with van der Waals surface area (Å²) < 4.78 is 22.7. The van der Waals surface area contributed by atoms with Crippen LogP contribution < -0.4 is 0 Å². The van der Waals surface area contributed by atoms with Gasteiger partial charge in [0.05, 0.1) is 18.3 Å². The molecule has 0 aromatic carbocycles. The van der Waals surface area contributed by atoms with Gasteiger partial charge in [-0.25, -0.2) is 0 Å². The third kappa shape index (κ3) is 8.01. The third-order valence-electron chi connectivity index (χ3n) is 1.67.